The Bertz CT molecular complexity index is 543. The van der Waals surface area contributed by atoms with Gasteiger partial charge in [-0.25, -0.2) is 0 Å². The Morgan fingerprint density at radius 2 is 2.16 bits per heavy atom. The topological polar surface area (TPSA) is 56.1 Å². The van der Waals surface area contributed by atoms with Crippen LogP contribution in [0.3, 0.4) is 0 Å². The van der Waals surface area contributed by atoms with Crippen LogP contribution in [0.25, 0.3) is 0 Å². The molecule has 100 valence electrons. The van der Waals surface area contributed by atoms with Crippen LogP contribution in [0, 0.1) is 11.3 Å². The van der Waals surface area contributed by atoms with Crippen molar-refractivity contribution in [1.29, 1.82) is 5.26 Å². The summed E-state index contributed by atoms with van der Waals surface area (Å²) in [6.07, 6.45) is 1.34. The summed E-state index contributed by atoms with van der Waals surface area (Å²) >= 11 is 0. The minimum Gasteiger partial charge on any atom is -0.326 e. The van der Waals surface area contributed by atoms with Crippen LogP contribution in [0.2, 0.25) is 0 Å². The summed E-state index contributed by atoms with van der Waals surface area (Å²) in [7, 11) is 1.95. The van der Waals surface area contributed by atoms with Crippen LogP contribution in [0.4, 0.5) is 5.69 Å². The van der Waals surface area contributed by atoms with Crippen LogP contribution in [0.15, 0.2) is 18.2 Å². The molecule has 19 heavy (non-hydrogen) atoms. The maximum absolute atomic E-state index is 11.3. The normalized spacial score (nSPS) is 14.8. The number of fused-ring (bicyclic) bond motifs is 1. The van der Waals surface area contributed by atoms with Crippen molar-refractivity contribution in [2.24, 2.45) is 0 Å². The van der Waals surface area contributed by atoms with Gasteiger partial charge in [0.15, 0.2) is 0 Å². The van der Waals surface area contributed by atoms with E-state index in [0.717, 1.165) is 18.7 Å². The van der Waals surface area contributed by atoms with Gasteiger partial charge in [0.1, 0.15) is 5.54 Å². The number of aryl methyl sites for hydroxylation is 1. The first kappa shape index (κ1) is 13.6. The largest absolute Gasteiger partial charge is 0.326 e. The van der Waals surface area contributed by atoms with E-state index in [9.17, 15) is 4.79 Å². The van der Waals surface area contributed by atoms with Crippen LogP contribution in [0.5, 0.6) is 0 Å². The second-order valence-corrected chi connectivity index (χ2v) is 5.57. The van der Waals surface area contributed by atoms with Crippen LogP contribution >= 0.6 is 0 Å². The van der Waals surface area contributed by atoms with E-state index in [0.29, 0.717) is 6.42 Å². The minimum atomic E-state index is -0.482. The number of rotatable bonds is 3. The summed E-state index contributed by atoms with van der Waals surface area (Å²) in [5.74, 6) is 0.0861. The molecule has 0 saturated heterocycles. The number of nitrogens with one attached hydrogen (secondary N) is 1. The summed E-state index contributed by atoms with van der Waals surface area (Å²) in [5.41, 5.74) is 2.78. The molecule has 0 atom stereocenters. The monoisotopic (exact) mass is 257 g/mol. The molecule has 1 aliphatic heterocycles. The molecule has 0 fully saturated rings. The fraction of sp³-hybridized carbons (Fsp3) is 0.467. The zero-order valence-electron chi connectivity index (χ0n) is 11.7. The summed E-state index contributed by atoms with van der Waals surface area (Å²) in [5, 5.41) is 12.0. The van der Waals surface area contributed by atoms with Gasteiger partial charge in [-0.2, -0.15) is 5.26 Å². The molecular weight excluding hydrogens is 238 g/mol. The first-order chi connectivity index (χ1) is 8.92. The van der Waals surface area contributed by atoms with Crippen molar-refractivity contribution in [3.8, 4) is 6.07 Å². The number of anilines is 1. The van der Waals surface area contributed by atoms with E-state index in [-0.39, 0.29) is 5.91 Å². The van der Waals surface area contributed by atoms with Gasteiger partial charge in [-0.1, -0.05) is 12.1 Å². The SMILES string of the molecule is CN(Cc1ccc2c(c1)CCC(=O)N2)C(C)(C)C#N. The molecule has 1 N–H and O–H groups in total. The zero-order chi connectivity index (χ0) is 14.0. The van der Waals surface area contributed by atoms with Gasteiger partial charge >= 0.3 is 0 Å². The number of benzene rings is 1. The van der Waals surface area contributed by atoms with Gasteiger partial charge in [-0.05, 0) is 44.5 Å². The first-order valence-electron chi connectivity index (χ1n) is 6.46. The van der Waals surface area contributed by atoms with Gasteiger partial charge in [0.25, 0.3) is 0 Å². The van der Waals surface area contributed by atoms with Gasteiger partial charge < -0.3 is 5.32 Å². The van der Waals surface area contributed by atoms with Crippen LogP contribution in [-0.4, -0.2) is 23.4 Å². The second-order valence-electron chi connectivity index (χ2n) is 5.57. The molecule has 0 aliphatic carbocycles. The Labute approximate surface area is 114 Å². The Morgan fingerprint density at radius 3 is 2.84 bits per heavy atom. The quantitative estimate of drug-likeness (QED) is 0.904. The number of amides is 1. The van der Waals surface area contributed by atoms with E-state index in [4.69, 9.17) is 5.26 Å². The molecule has 1 aromatic rings. The van der Waals surface area contributed by atoms with Gasteiger partial charge in [-0.15, -0.1) is 0 Å². The maximum atomic E-state index is 11.3. The second kappa shape index (κ2) is 5.02. The number of carbonyl (C=O) groups is 1. The van der Waals surface area contributed by atoms with Crippen molar-refractivity contribution in [3.63, 3.8) is 0 Å². The average molecular weight is 257 g/mol. The van der Waals surface area contributed by atoms with Crippen molar-refractivity contribution >= 4 is 11.6 Å². The Balaban J connectivity index is 2.15. The molecule has 4 heteroatoms. The third kappa shape index (κ3) is 2.94. The summed E-state index contributed by atoms with van der Waals surface area (Å²) < 4.78 is 0. The molecule has 0 radical (unpaired) electrons. The van der Waals surface area contributed by atoms with Crippen molar-refractivity contribution in [2.45, 2.75) is 38.8 Å². The number of hydrogen-bond donors (Lipinski definition) is 1. The number of nitrogens with zero attached hydrogens (tertiary/aromatic N) is 2. The summed E-state index contributed by atoms with van der Waals surface area (Å²) in [6, 6.07) is 8.38. The van der Waals surface area contributed by atoms with Crippen molar-refractivity contribution < 1.29 is 4.79 Å². The van der Waals surface area contributed by atoms with Crippen molar-refractivity contribution in [2.75, 3.05) is 12.4 Å². The predicted octanol–water partition coefficient (Wildman–Crippen LogP) is 2.31. The highest BCUT2D eigenvalue weighted by Gasteiger charge is 2.23. The van der Waals surface area contributed by atoms with Crippen LogP contribution < -0.4 is 5.32 Å². The van der Waals surface area contributed by atoms with Gasteiger partial charge in [0.05, 0.1) is 6.07 Å². The van der Waals surface area contributed by atoms with Gasteiger partial charge in [0.2, 0.25) is 5.91 Å². The fourth-order valence-electron chi connectivity index (χ4n) is 2.09. The molecule has 0 unspecified atom stereocenters. The van der Waals surface area contributed by atoms with E-state index >= 15 is 0 Å². The van der Waals surface area contributed by atoms with Crippen LogP contribution in [0.1, 0.15) is 31.4 Å². The number of nitriles is 1. The van der Waals surface area contributed by atoms with E-state index in [1.165, 1.54) is 11.1 Å². The number of hydrogen-bond acceptors (Lipinski definition) is 3. The molecule has 0 bridgehead atoms. The third-order valence-corrected chi connectivity index (χ3v) is 3.71. The predicted molar refractivity (Wildman–Crippen MR) is 74.6 cm³/mol. The Morgan fingerprint density at radius 1 is 1.42 bits per heavy atom. The first-order valence-corrected chi connectivity index (χ1v) is 6.46. The number of carbonyl (C=O) groups excluding carboxylic acids is 1. The lowest BCUT2D eigenvalue weighted by atomic mass is 9.99. The van der Waals surface area contributed by atoms with E-state index in [2.05, 4.69) is 17.5 Å². The highest BCUT2D eigenvalue weighted by Crippen LogP contribution is 2.25. The fourth-order valence-corrected chi connectivity index (χ4v) is 2.09. The molecule has 2 rings (SSSR count). The standard InChI is InChI=1S/C15H19N3O/c1-15(2,10-16)18(3)9-11-4-6-13-12(8-11)5-7-14(19)17-13/h4,6,8H,5,7,9H2,1-3H3,(H,17,19). The smallest absolute Gasteiger partial charge is 0.224 e. The van der Waals surface area contributed by atoms with Crippen molar-refractivity contribution in [1.82, 2.24) is 4.90 Å². The molecule has 0 saturated carbocycles. The van der Waals surface area contributed by atoms with E-state index in [1.807, 2.05) is 37.9 Å². The summed E-state index contributed by atoms with van der Waals surface area (Å²) in [4.78, 5) is 13.3. The molecular formula is C15H19N3O. The zero-order valence-corrected chi connectivity index (χ0v) is 11.7. The van der Waals surface area contributed by atoms with Crippen molar-refractivity contribution in [3.05, 3.63) is 29.3 Å². The maximum Gasteiger partial charge on any atom is 0.224 e. The molecule has 1 heterocycles. The molecule has 4 nitrogen and oxygen atoms in total. The lowest BCUT2D eigenvalue weighted by Gasteiger charge is -2.29. The third-order valence-electron chi connectivity index (χ3n) is 3.71. The summed E-state index contributed by atoms with van der Waals surface area (Å²) in [6.45, 7) is 4.54. The molecule has 1 aromatic carbocycles. The average Bonchev–Trinajstić information content (AvgIpc) is 2.38. The minimum absolute atomic E-state index is 0.0861. The lowest BCUT2D eigenvalue weighted by molar-refractivity contribution is -0.116. The lowest BCUT2D eigenvalue weighted by Crippen LogP contribution is -2.39. The highest BCUT2D eigenvalue weighted by molar-refractivity contribution is 5.93. The van der Waals surface area contributed by atoms with Crippen LogP contribution in [-0.2, 0) is 17.8 Å². The molecule has 1 amide bonds. The highest BCUT2D eigenvalue weighted by atomic mass is 16.1. The van der Waals surface area contributed by atoms with Gasteiger partial charge in [0, 0.05) is 18.7 Å². The molecule has 1 aliphatic rings. The molecule has 0 spiro atoms. The molecule has 0 aromatic heterocycles. The Hall–Kier alpha value is -1.86. The Kier molecular flexibility index (Phi) is 3.59. The van der Waals surface area contributed by atoms with E-state index < -0.39 is 5.54 Å². The van der Waals surface area contributed by atoms with E-state index in [1.54, 1.807) is 0 Å². The van der Waals surface area contributed by atoms with Gasteiger partial charge in [-0.3, -0.25) is 9.69 Å².